The van der Waals surface area contributed by atoms with Gasteiger partial charge in [-0.1, -0.05) is 18.6 Å². The summed E-state index contributed by atoms with van der Waals surface area (Å²) in [5.74, 6) is -1.30. The molecule has 1 amide bonds. The Kier molecular flexibility index (Phi) is 7.67. The Morgan fingerprint density at radius 1 is 0.895 bits per heavy atom. The number of amides is 1. The highest BCUT2D eigenvalue weighted by atomic mass is 19.4. The Labute approximate surface area is 219 Å². The molecule has 0 spiro atoms. The average Bonchev–Trinajstić information content (AvgIpc) is 3.40. The third kappa shape index (κ3) is 5.53. The monoisotopic (exact) mass is 536 g/mol. The second kappa shape index (κ2) is 10.8. The number of nitrogens with zero attached hydrogens (tertiary/aromatic N) is 2. The molecule has 2 saturated heterocycles. The van der Waals surface area contributed by atoms with Gasteiger partial charge in [-0.2, -0.15) is 13.2 Å². The van der Waals surface area contributed by atoms with Gasteiger partial charge in [0.05, 0.1) is 17.6 Å². The largest absolute Gasteiger partial charge is 0.490 e. The number of benzene rings is 2. The number of carbonyl (C=O) groups excluding carboxylic acids is 1. The van der Waals surface area contributed by atoms with Crippen LogP contribution in [0.25, 0.3) is 11.1 Å². The zero-order chi connectivity index (χ0) is 26.9. The molecule has 206 valence electrons. The molecule has 2 aromatic carbocycles. The fraction of sp³-hybridized carbons (Fsp3) is 0.552. The van der Waals surface area contributed by atoms with Crippen LogP contribution < -0.4 is 4.74 Å². The first-order chi connectivity index (χ1) is 18.1. The Morgan fingerprint density at radius 2 is 1.53 bits per heavy atom. The van der Waals surface area contributed by atoms with Gasteiger partial charge >= 0.3 is 6.18 Å². The lowest BCUT2D eigenvalue weighted by Gasteiger charge is -2.47. The van der Waals surface area contributed by atoms with E-state index in [2.05, 4.69) is 0 Å². The van der Waals surface area contributed by atoms with Crippen LogP contribution in [0.3, 0.4) is 0 Å². The van der Waals surface area contributed by atoms with Crippen molar-refractivity contribution in [3.05, 3.63) is 53.6 Å². The van der Waals surface area contributed by atoms with E-state index in [-0.39, 0.29) is 49.1 Å². The number of rotatable bonds is 7. The van der Waals surface area contributed by atoms with E-state index in [4.69, 9.17) is 4.74 Å². The van der Waals surface area contributed by atoms with Gasteiger partial charge in [0.2, 0.25) is 0 Å². The summed E-state index contributed by atoms with van der Waals surface area (Å²) in [4.78, 5) is 16.1. The second-order valence-corrected chi connectivity index (χ2v) is 11.0. The number of piperidine rings is 1. The molecule has 9 heteroatoms. The first-order valence-electron chi connectivity index (χ1n) is 13.5. The van der Waals surface area contributed by atoms with Gasteiger partial charge < -0.3 is 14.5 Å². The highest BCUT2D eigenvalue weighted by Gasteiger charge is 2.58. The maximum Gasteiger partial charge on any atom is 0.395 e. The highest BCUT2D eigenvalue weighted by Crippen LogP contribution is 2.53. The van der Waals surface area contributed by atoms with Gasteiger partial charge in [-0.3, -0.25) is 4.79 Å². The van der Waals surface area contributed by atoms with Crippen molar-refractivity contribution in [2.24, 2.45) is 11.3 Å². The molecule has 2 aliphatic heterocycles. The SMILES string of the molecule is O=C(c1ccc(-c2ccc(OCC3CCN(CC4(C(F)(F)F)CCC4)CC3)c(F)c2)cc1F)N1CCCC1. The Morgan fingerprint density at radius 3 is 2.08 bits per heavy atom. The van der Waals surface area contributed by atoms with Crippen molar-refractivity contribution in [2.75, 3.05) is 39.3 Å². The lowest BCUT2D eigenvalue weighted by Crippen LogP contribution is -2.53. The van der Waals surface area contributed by atoms with Gasteiger partial charge in [-0.15, -0.1) is 0 Å². The first-order valence-corrected chi connectivity index (χ1v) is 13.5. The highest BCUT2D eigenvalue weighted by molar-refractivity contribution is 5.95. The molecule has 38 heavy (non-hydrogen) atoms. The quantitative estimate of drug-likeness (QED) is 0.370. The topological polar surface area (TPSA) is 32.8 Å². The standard InChI is InChI=1S/C29H33F5N2O2/c30-24-16-21(4-6-23(24)27(37)36-12-1-2-13-36)22-5-7-26(25(31)17-22)38-18-20-8-14-35(15-9-20)19-28(10-3-11-28)29(32,33)34/h4-7,16-17,20H,1-3,8-15,18-19H2. The van der Waals surface area contributed by atoms with Crippen LogP contribution in [0.5, 0.6) is 5.75 Å². The summed E-state index contributed by atoms with van der Waals surface area (Å²) < 4.78 is 75.7. The van der Waals surface area contributed by atoms with E-state index < -0.39 is 23.2 Å². The fourth-order valence-electron chi connectivity index (χ4n) is 5.84. The van der Waals surface area contributed by atoms with Crippen LogP contribution in [0.15, 0.2) is 36.4 Å². The summed E-state index contributed by atoms with van der Waals surface area (Å²) in [7, 11) is 0. The summed E-state index contributed by atoms with van der Waals surface area (Å²) in [5, 5.41) is 0. The van der Waals surface area contributed by atoms with Gasteiger partial charge in [-0.25, -0.2) is 8.78 Å². The Hall–Kier alpha value is -2.68. The summed E-state index contributed by atoms with van der Waals surface area (Å²) in [6.45, 7) is 2.77. The zero-order valence-electron chi connectivity index (χ0n) is 21.3. The first kappa shape index (κ1) is 26.9. The van der Waals surface area contributed by atoms with Crippen LogP contribution in [0.4, 0.5) is 22.0 Å². The molecule has 0 bridgehead atoms. The van der Waals surface area contributed by atoms with E-state index >= 15 is 0 Å². The van der Waals surface area contributed by atoms with Crippen molar-refractivity contribution in [2.45, 2.75) is 51.1 Å². The fourth-order valence-corrected chi connectivity index (χ4v) is 5.84. The average molecular weight is 537 g/mol. The van der Waals surface area contributed by atoms with Gasteiger partial charge in [0, 0.05) is 19.6 Å². The summed E-state index contributed by atoms with van der Waals surface area (Å²) in [5.41, 5.74) is -0.602. The summed E-state index contributed by atoms with van der Waals surface area (Å²) in [6, 6.07) is 8.74. The minimum absolute atomic E-state index is 0.0170. The molecule has 3 aliphatic rings. The molecule has 0 aromatic heterocycles. The maximum absolute atomic E-state index is 14.8. The molecule has 0 unspecified atom stereocenters. The maximum atomic E-state index is 14.8. The molecule has 1 saturated carbocycles. The van der Waals surface area contributed by atoms with Gasteiger partial charge in [0.1, 0.15) is 5.82 Å². The molecule has 0 N–H and O–H groups in total. The van der Waals surface area contributed by atoms with Crippen molar-refractivity contribution >= 4 is 5.91 Å². The third-order valence-corrected chi connectivity index (χ3v) is 8.48. The molecular formula is C29H33F5N2O2. The minimum Gasteiger partial charge on any atom is -0.490 e. The van der Waals surface area contributed by atoms with Crippen LogP contribution in [0.2, 0.25) is 0 Å². The van der Waals surface area contributed by atoms with Crippen LogP contribution >= 0.6 is 0 Å². The smallest absolute Gasteiger partial charge is 0.395 e. The predicted octanol–water partition coefficient (Wildman–Crippen LogP) is 6.69. The Balaban J connectivity index is 1.14. The van der Waals surface area contributed by atoms with Gasteiger partial charge in [-0.05, 0) is 92.9 Å². The lowest BCUT2D eigenvalue weighted by atomic mass is 9.67. The second-order valence-electron chi connectivity index (χ2n) is 11.0. The van der Waals surface area contributed by atoms with Crippen LogP contribution in [-0.2, 0) is 0 Å². The molecule has 4 nitrogen and oxygen atoms in total. The van der Waals surface area contributed by atoms with Crippen molar-refractivity contribution in [1.29, 1.82) is 0 Å². The normalized spacial score (nSPS) is 20.4. The molecule has 2 heterocycles. The zero-order valence-corrected chi connectivity index (χ0v) is 21.3. The number of alkyl halides is 3. The van der Waals surface area contributed by atoms with Crippen molar-refractivity contribution in [3.8, 4) is 16.9 Å². The number of hydrogen-bond acceptors (Lipinski definition) is 3. The van der Waals surface area contributed by atoms with E-state index in [9.17, 15) is 26.7 Å². The van der Waals surface area contributed by atoms with E-state index in [0.29, 0.717) is 56.6 Å². The molecule has 1 aliphatic carbocycles. The number of halogens is 5. The Bertz CT molecular complexity index is 1150. The molecule has 0 atom stereocenters. The van der Waals surface area contributed by atoms with Crippen molar-refractivity contribution < 1.29 is 31.5 Å². The lowest BCUT2D eigenvalue weighted by molar-refractivity contribution is -0.256. The van der Waals surface area contributed by atoms with Crippen LogP contribution in [0, 0.1) is 23.0 Å². The molecular weight excluding hydrogens is 503 g/mol. The molecule has 3 fully saturated rings. The van der Waals surface area contributed by atoms with Gasteiger partial charge in [0.25, 0.3) is 5.91 Å². The minimum atomic E-state index is -4.16. The van der Waals surface area contributed by atoms with Crippen LogP contribution in [0.1, 0.15) is 55.3 Å². The predicted molar refractivity (Wildman–Crippen MR) is 134 cm³/mol. The van der Waals surface area contributed by atoms with E-state index in [1.165, 1.54) is 24.3 Å². The van der Waals surface area contributed by atoms with Gasteiger partial charge in [0.15, 0.2) is 11.6 Å². The number of hydrogen-bond donors (Lipinski definition) is 0. The third-order valence-electron chi connectivity index (χ3n) is 8.48. The number of likely N-dealkylation sites (tertiary alicyclic amines) is 2. The number of ether oxygens (including phenoxy) is 1. The number of carbonyl (C=O) groups is 1. The van der Waals surface area contributed by atoms with Crippen molar-refractivity contribution in [1.82, 2.24) is 9.80 Å². The summed E-state index contributed by atoms with van der Waals surface area (Å²) >= 11 is 0. The van der Waals surface area contributed by atoms with Crippen LogP contribution in [-0.4, -0.2) is 61.2 Å². The summed E-state index contributed by atoms with van der Waals surface area (Å²) in [6.07, 6.45) is 0.137. The van der Waals surface area contributed by atoms with E-state index in [0.717, 1.165) is 12.8 Å². The molecule has 2 aromatic rings. The molecule has 0 radical (unpaired) electrons. The van der Waals surface area contributed by atoms with E-state index in [1.807, 2.05) is 4.90 Å². The van der Waals surface area contributed by atoms with Crippen molar-refractivity contribution in [3.63, 3.8) is 0 Å². The van der Waals surface area contributed by atoms with E-state index in [1.54, 1.807) is 17.0 Å². The molecule has 5 rings (SSSR count).